The molecule has 0 bridgehead atoms. The van der Waals surface area contributed by atoms with Crippen LogP contribution in [0.1, 0.15) is 57.7 Å². The van der Waals surface area contributed by atoms with E-state index in [0.717, 1.165) is 30.0 Å². The van der Waals surface area contributed by atoms with Gasteiger partial charge in [0.25, 0.3) is 0 Å². The average molecular weight is 279 g/mol. The molecule has 0 spiro atoms. The largest absolute Gasteiger partial charge is 0.310 e. The molecule has 1 heterocycles. The van der Waals surface area contributed by atoms with E-state index in [4.69, 9.17) is 0 Å². The summed E-state index contributed by atoms with van der Waals surface area (Å²) in [6, 6.07) is 6.85. The quantitative estimate of drug-likeness (QED) is 0.917. The lowest BCUT2D eigenvalue weighted by atomic mass is 9.85. The first-order chi connectivity index (χ1) is 8.93. The van der Waals surface area contributed by atoms with Crippen LogP contribution in [0.5, 0.6) is 0 Å². The normalized spacial score (nSPS) is 23.2. The highest BCUT2D eigenvalue weighted by atomic mass is 32.2. The molecule has 3 heteroatoms. The lowest BCUT2D eigenvalue weighted by molar-refractivity contribution is 0.500. The van der Waals surface area contributed by atoms with Crippen molar-refractivity contribution in [3.05, 3.63) is 29.3 Å². The Bertz CT molecular complexity index is 476. The van der Waals surface area contributed by atoms with E-state index in [-0.39, 0.29) is 5.41 Å². The van der Waals surface area contributed by atoms with Gasteiger partial charge in [0, 0.05) is 16.7 Å². The van der Waals surface area contributed by atoms with E-state index < -0.39 is 10.8 Å². The van der Waals surface area contributed by atoms with Crippen LogP contribution in [0.4, 0.5) is 0 Å². The Balaban J connectivity index is 2.38. The van der Waals surface area contributed by atoms with Crippen LogP contribution in [0.15, 0.2) is 23.1 Å². The second-order valence-corrected chi connectivity index (χ2v) is 7.89. The van der Waals surface area contributed by atoms with Crippen molar-refractivity contribution >= 4 is 10.8 Å². The Morgan fingerprint density at radius 1 is 1.37 bits per heavy atom. The molecule has 2 unspecified atom stereocenters. The maximum atomic E-state index is 12.1. The molecule has 1 aliphatic heterocycles. The molecule has 0 aromatic heterocycles. The molecule has 1 aromatic rings. The summed E-state index contributed by atoms with van der Waals surface area (Å²) in [4.78, 5) is 1.04. The van der Waals surface area contributed by atoms with Crippen LogP contribution in [0.25, 0.3) is 0 Å². The first kappa shape index (κ1) is 14.7. The zero-order valence-corrected chi connectivity index (χ0v) is 13.3. The van der Waals surface area contributed by atoms with Crippen LogP contribution in [0.3, 0.4) is 0 Å². The van der Waals surface area contributed by atoms with Crippen molar-refractivity contribution in [1.29, 1.82) is 0 Å². The maximum Gasteiger partial charge on any atom is 0.0533 e. The van der Waals surface area contributed by atoms with Gasteiger partial charge in [0.05, 0.1) is 10.8 Å². The smallest absolute Gasteiger partial charge is 0.0533 e. The van der Waals surface area contributed by atoms with Gasteiger partial charge in [-0.2, -0.15) is 0 Å². The third kappa shape index (κ3) is 3.26. The first-order valence-corrected chi connectivity index (χ1v) is 8.51. The van der Waals surface area contributed by atoms with E-state index in [1.807, 2.05) is 0 Å². The number of fused-ring (bicyclic) bond motifs is 1. The fraction of sp³-hybridized carbons (Fsp3) is 0.625. The number of nitrogens with one attached hydrogen (secondary N) is 1. The monoisotopic (exact) mass is 279 g/mol. The van der Waals surface area contributed by atoms with E-state index in [1.54, 1.807) is 0 Å². The minimum atomic E-state index is -0.816. The summed E-state index contributed by atoms with van der Waals surface area (Å²) in [7, 11) is -0.816. The van der Waals surface area contributed by atoms with Gasteiger partial charge in [0.2, 0.25) is 0 Å². The Kier molecular flexibility index (Phi) is 4.46. The van der Waals surface area contributed by atoms with Gasteiger partial charge in [0.1, 0.15) is 0 Å². The molecule has 0 amide bonds. The summed E-state index contributed by atoms with van der Waals surface area (Å²) < 4.78 is 12.1. The summed E-state index contributed by atoms with van der Waals surface area (Å²) in [5, 5.41) is 3.59. The van der Waals surface area contributed by atoms with Gasteiger partial charge < -0.3 is 5.32 Å². The molecule has 0 aliphatic carbocycles. The standard InChI is InChI=1S/C16H25NOS/c1-5-9-17-14-8-10-19(18)15-7-6-12(11-13(14)15)16(2,3)4/h6-7,11,14,17H,5,8-10H2,1-4H3. The van der Waals surface area contributed by atoms with Crippen LogP contribution in [-0.2, 0) is 16.2 Å². The van der Waals surface area contributed by atoms with Crippen LogP contribution in [-0.4, -0.2) is 16.5 Å². The van der Waals surface area contributed by atoms with Gasteiger partial charge >= 0.3 is 0 Å². The van der Waals surface area contributed by atoms with Crippen molar-refractivity contribution in [3.8, 4) is 0 Å². The van der Waals surface area contributed by atoms with Gasteiger partial charge in [-0.05, 0) is 42.0 Å². The molecule has 1 aliphatic rings. The Hall–Kier alpha value is -0.670. The Morgan fingerprint density at radius 2 is 2.11 bits per heavy atom. The summed E-state index contributed by atoms with van der Waals surface area (Å²) >= 11 is 0. The molecule has 0 saturated heterocycles. The van der Waals surface area contributed by atoms with Crippen molar-refractivity contribution in [3.63, 3.8) is 0 Å². The summed E-state index contributed by atoms with van der Waals surface area (Å²) in [5.41, 5.74) is 2.72. The minimum Gasteiger partial charge on any atom is -0.310 e. The molecular weight excluding hydrogens is 254 g/mol. The summed E-state index contributed by atoms with van der Waals surface area (Å²) in [6.07, 6.45) is 2.11. The zero-order valence-electron chi connectivity index (χ0n) is 12.5. The molecule has 0 saturated carbocycles. The van der Waals surface area contributed by atoms with Gasteiger partial charge in [-0.25, -0.2) is 0 Å². The SMILES string of the molecule is CCCNC1CCS(=O)c2ccc(C(C)(C)C)cc21. The predicted molar refractivity (Wildman–Crippen MR) is 82.1 cm³/mol. The molecule has 19 heavy (non-hydrogen) atoms. The minimum absolute atomic E-state index is 0.142. The number of benzene rings is 1. The molecule has 2 rings (SSSR count). The highest BCUT2D eigenvalue weighted by molar-refractivity contribution is 7.85. The predicted octanol–water partition coefficient (Wildman–Crippen LogP) is 3.54. The van der Waals surface area contributed by atoms with Crippen molar-refractivity contribution in [1.82, 2.24) is 5.32 Å². The molecule has 106 valence electrons. The Labute approximate surface area is 119 Å². The van der Waals surface area contributed by atoms with Crippen LogP contribution in [0, 0.1) is 0 Å². The van der Waals surface area contributed by atoms with Gasteiger partial charge in [0.15, 0.2) is 0 Å². The van der Waals surface area contributed by atoms with E-state index in [0.29, 0.717) is 6.04 Å². The molecule has 1 N–H and O–H groups in total. The highest BCUT2D eigenvalue weighted by Gasteiger charge is 2.26. The molecule has 1 aromatic carbocycles. The summed E-state index contributed by atoms with van der Waals surface area (Å²) in [5.74, 6) is 0.781. The van der Waals surface area contributed by atoms with Crippen molar-refractivity contribution in [2.75, 3.05) is 12.3 Å². The van der Waals surface area contributed by atoms with Crippen LogP contribution in [0.2, 0.25) is 0 Å². The fourth-order valence-electron chi connectivity index (χ4n) is 2.52. The van der Waals surface area contributed by atoms with Crippen LogP contribution < -0.4 is 5.32 Å². The lowest BCUT2D eigenvalue weighted by Gasteiger charge is -2.29. The average Bonchev–Trinajstić information content (AvgIpc) is 2.37. The lowest BCUT2D eigenvalue weighted by Crippen LogP contribution is -2.29. The molecule has 0 radical (unpaired) electrons. The van der Waals surface area contributed by atoms with E-state index in [9.17, 15) is 4.21 Å². The first-order valence-electron chi connectivity index (χ1n) is 7.19. The third-order valence-electron chi connectivity index (χ3n) is 3.73. The van der Waals surface area contributed by atoms with Crippen molar-refractivity contribution in [2.24, 2.45) is 0 Å². The topological polar surface area (TPSA) is 29.1 Å². The molecule has 2 atom stereocenters. The highest BCUT2D eigenvalue weighted by Crippen LogP contribution is 2.34. The van der Waals surface area contributed by atoms with E-state index in [2.05, 4.69) is 51.2 Å². The van der Waals surface area contributed by atoms with E-state index >= 15 is 0 Å². The third-order valence-corrected chi connectivity index (χ3v) is 5.20. The zero-order chi connectivity index (χ0) is 14.0. The molecule has 0 fully saturated rings. The molecule has 2 nitrogen and oxygen atoms in total. The molecular formula is C16H25NOS. The second-order valence-electron chi connectivity index (χ2n) is 6.35. The second kappa shape index (κ2) is 5.76. The maximum absolute atomic E-state index is 12.1. The van der Waals surface area contributed by atoms with Crippen LogP contribution >= 0.6 is 0 Å². The number of rotatable bonds is 3. The summed E-state index contributed by atoms with van der Waals surface area (Å²) in [6.45, 7) is 9.88. The number of hydrogen-bond donors (Lipinski definition) is 1. The fourth-order valence-corrected chi connectivity index (χ4v) is 3.87. The Morgan fingerprint density at radius 3 is 2.74 bits per heavy atom. The van der Waals surface area contributed by atoms with Crippen molar-refractivity contribution < 1.29 is 4.21 Å². The van der Waals surface area contributed by atoms with Gasteiger partial charge in [-0.15, -0.1) is 0 Å². The van der Waals surface area contributed by atoms with Crippen molar-refractivity contribution in [2.45, 2.75) is 56.9 Å². The van der Waals surface area contributed by atoms with Gasteiger partial charge in [-0.1, -0.05) is 39.8 Å². The van der Waals surface area contributed by atoms with E-state index in [1.165, 1.54) is 11.1 Å². The number of hydrogen-bond acceptors (Lipinski definition) is 2. The van der Waals surface area contributed by atoms with Gasteiger partial charge in [-0.3, -0.25) is 4.21 Å².